The van der Waals surface area contributed by atoms with Crippen LogP contribution < -0.4 is 16.4 Å². The molecule has 81 heavy (non-hydrogen) atoms. The number of nitrogen functional groups attached to an aromatic ring is 1. The molecular formula is C48H84N7O22P3S. The number of hydrogen-bond donors (Lipinski definition) is 11. The molecule has 2 aromatic rings. The minimum Gasteiger partial charge on any atom is -0.390 e. The Labute approximate surface area is 475 Å². The highest BCUT2D eigenvalue weighted by molar-refractivity contribution is 8.13. The Morgan fingerprint density at radius 3 is 2.01 bits per heavy atom. The van der Waals surface area contributed by atoms with Crippen molar-refractivity contribution in [3.63, 3.8) is 0 Å². The van der Waals surface area contributed by atoms with Crippen LogP contribution in [0.5, 0.6) is 0 Å². The van der Waals surface area contributed by atoms with Crippen molar-refractivity contribution in [3.05, 3.63) is 12.7 Å². The molecular weight excluding hydrogens is 1150 g/mol. The van der Waals surface area contributed by atoms with Crippen LogP contribution in [0.1, 0.15) is 155 Å². The van der Waals surface area contributed by atoms with E-state index in [1.54, 1.807) is 6.92 Å². The zero-order valence-electron chi connectivity index (χ0n) is 46.1. The van der Waals surface area contributed by atoms with Gasteiger partial charge in [-0.05, 0) is 19.8 Å². The van der Waals surface area contributed by atoms with Gasteiger partial charge in [0.1, 0.15) is 48.1 Å². The van der Waals surface area contributed by atoms with Crippen molar-refractivity contribution >= 4 is 74.9 Å². The molecule has 2 amide bonds. The first-order valence-corrected chi connectivity index (χ1v) is 32.9. The van der Waals surface area contributed by atoms with E-state index in [-0.39, 0.29) is 72.1 Å². The van der Waals surface area contributed by atoms with E-state index in [1.807, 2.05) is 0 Å². The third kappa shape index (κ3) is 26.1. The summed E-state index contributed by atoms with van der Waals surface area (Å²) >= 11 is 0.929. The molecule has 4 rings (SSSR count). The molecule has 12 N–H and O–H groups in total. The molecule has 2 unspecified atom stereocenters. The number of aliphatic hydroxyl groups is 4. The molecule has 0 spiro atoms. The second-order valence-corrected chi connectivity index (χ2v) is 26.3. The van der Waals surface area contributed by atoms with E-state index in [1.165, 1.54) is 78.1 Å². The molecule has 0 saturated carbocycles. The zero-order chi connectivity index (χ0) is 59.8. The highest BCUT2D eigenvalue weighted by Gasteiger charge is 2.50. The van der Waals surface area contributed by atoms with E-state index in [2.05, 4.69) is 34.4 Å². The van der Waals surface area contributed by atoms with Crippen molar-refractivity contribution < 1.29 is 105 Å². The van der Waals surface area contributed by atoms with Gasteiger partial charge in [0, 0.05) is 50.1 Å². The quantitative estimate of drug-likeness (QED) is 0.0253. The number of phosphoric ester groups is 3. The predicted molar refractivity (Wildman–Crippen MR) is 292 cm³/mol. The number of nitrogens with one attached hydrogen (secondary N) is 2. The third-order valence-electron chi connectivity index (χ3n) is 13.4. The second kappa shape index (κ2) is 34.9. The first-order valence-electron chi connectivity index (χ1n) is 27.4. The van der Waals surface area contributed by atoms with Crippen LogP contribution in [0, 0.1) is 5.41 Å². The molecule has 0 bridgehead atoms. The molecule has 2 aliphatic heterocycles. The Kier molecular flexibility index (Phi) is 30.4. The van der Waals surface area contributed by atoms with Gasteiger partial charge in [0.05, 0.1) is 38.2 Å². The Hall–Kier alpha value is -2.93. The minimum atomic E-state index is -5.60. The van der Waals surface area contributed by atoms with Crippen molar-refractivity contribution in [2.24, 2.45) is 5.41 Å². The van der Waals surface area contributed by atoms with Crippen LogP contribution in [0.4, 0.5) is 5.82 Å². The summed E-state index contributed by atoms with van der Waals surface area (Å²) in [5.41, 5.74) is 4.23. The molecule has 0 aromatic carbocycles. The van der Waals surface area contributed by atoms with Gasteiger partial charge in [-0.15, -0.1) is 0 Å². The fourth-order valence-corrected chi connectivity index (χ4v) is 12.3. The first kappa shape index (κ1) is 70.6. The number of ether oxygens (including phenoxy) is 3. The van der Waals surface area contributed by atoms with Gasteiger partial charge in [0.25, 0.3) is 0 Å². The SMILES string of the molecule is C[C@@H]1O[C@@H](OCCCCCCCCCCCCCCCCCCC(=O)CC(=O)SCCNC(=O)CCNC(=O)[C@H](O)C(C)(C)COP(=O)(O)OP(=O)(O)OC[C@H]2O[C@@H](n3cnc4c(N)ncnc43)[C@H](O)[C@@H]2OP(=O)(O)O)[C@H](O)C[C@H]1O. The maximum Gasteiger partial charge on any atom is 0.481 e. The van der Waals surface area contributed by atoms with Crippen molar-refractivity contribution in [3.8, 4) is 0 Å². The lowest BCUT2D eigenvalue weighted by molar-refractivity contribution is -0.261. The standard InChI is InChI=1S/C48H84N7O22P3S/c1-32-34(57)27-35(58)47(74-32)71-24-19-17-15-13-11-9-7-5-4-6-8-10-12-14-16-18-20-33(56)26-38(60)81-25-23-50-37(59)21-22-51-45(63)42(62)48(2,3)29-73-80(69,70)77-79(67,68)72-28-36-41(76-78(64,65)66)40(61)46(75-36)55-31-54-39-43(49)52-30-53-44(39)55/h30-32,34-36,40-42,46-47,57-58,61-62H,4-29H2,1-3H3,(H,50,59)(H,51,63)(H,67,68)(H,69,70)(H2,49,52,53)(H2,64,65,66)/t32-,34+,35+,36+,40+,41+,42-,46+,47+/m0/s1. The maximum atomic E-state index is 12.8. The fourth-order valence-electron chi connectivity index (χ4n) is 8.79. The van der Waals surface area contributed by atoms with Crippen LogP contribution in [-0.4, -0.2) is 170 Å². The lowest BCUT2D eigenvalue weighted by Crippen LogP contribution is -2.47. The summed E-state index contributed by atoms with van der Waals surface area (Å²) in [7, 11) is -16.5. The number of aliphatic hydroxyl groups excluding tert-OH is 4. The van der Waals surface area contributed by atoms with Crippen LogP contribution >= 0.6 is 35.2 Å². The number of nitrogens with two attached hydrogens (primary N) is 1. The van der Waals surface area contributed by atoms with E-state index < -0.39 is 103 Å². The minimum absolute atomic E-state index is 0.0222. The van der Waals surface area contributed by atoms with Crippen molar-refractivity contribution in [2.45, 2.75) is 204 Å². The lowest BCUT2D eigenvalue weighted by Gasteiger charge is -2.35. The van der Waals surface area contributed by atoms with Crippen molar-refractivity contribution in [2.75, 3.05) is 44.4 Å². The summed E-state index contributed by atoms with van der Waals surface area (Å²) in [6.07, 6.45) is 9.02. The number of nitrogens with zero attached hydrogens (tertiary/aromatic N) is 4. The van der Waals surface area contributed by atoms with Crippen molar-refractivity contribution in [1.29, 1.82) is 0 Å². The summed E-state index contributed by atoms with van der Waals surface area (Å²) in [5.74, 6) is -1.45. The van der Waals surface area contributed by atoms with E-state index in [0.717, 1.165) is 67.5 Å². The molecule has 2 aliphatic rings. The zero-order valence-corrected chi connectivity index (χ0v) is 49.6. The highest BCUT2D eigenvalue weighted by Crippen LogP contribution is 2.61. The maximum absolute atomic E-state index is 12.8. The number of hydrogen-bond acceptors (Lipinski definition) is 23. The van der Waals surface area contributed by atoms with E-state index in [0.29, 0.717) is 13.0 Å². The van der Waals surface area contributed by atoms with Gasteiger partial charge in [0.2, 0.25) is 11.8 Å². The van der Waals surface area contributed by atoms with E-state index >= 15 is 0 Å². The van der Waals surface area contributed by atoms with Gasteiger partial charge in [-0.25, -0.2) is 28.6 Å². The number of phosphoric acid groups is 3. The number of amides is 2. The molecule has 0 aliphatic carbocycles. The predicted octanol–water partition coefficient (Wildman–Crippen LogP) is 4.13. The lowest BCUT2D eigenvalue weighted by atomic mass is 9.87. The van der Waals surface area contributed by atoms with E-state index in [9.17, 15) is 72.9 Å². The van der Waals surface area contributed by atoms with Crippen LogP contribution in [0.25, 0.3) is 11.2 Å². The third-order valence-corrected chi connectivity index (χ3v) is 17.4. The number of imidazole rings is 1. The molecule has 2 aromatic heterocycles. The Bertz CT molecular complexity index is 2420. The van der Waals surface area contributed by atoms with Gasteiger partial charge in [-0.1, -0.05) is 116 Å². The summed E-state index contributed by atoms with van der Waals surface area (Å²) in [5, 5.41) is 46.0. The fraction of sp³-hybridized carbons (Fsp3) is 0.812. The summed E-state index contributed by atoms with van der Waals surface area (Å²) in [6.45, 7) is 2.63. The number of ketones is 1. The largest absolute Gasteiger partial charge is 0.481 e. The molecule has 2 fully saturated rings. The normalized spacial score (nSPS) is 23.4. The van der Waals surface area contributed by atoms with Gasteiger partial charge >= 0.3 is 23.5 Å². The molecule has 33 heteroatoms. The Morgan fingerprint density at radius 1 is 0.802 bits per heavy atom. The second-order valence-electron chi connectivity index (χ2n) is 20.9. The molecule has 2 saturated heterocycles. The number of thioether (sulfide) groups is 1. The van der Waals surface area contributed by atoms with E-state index in [4.69, 9.17) is 29.0 Å². The number of Topliss-reactive ketones (excluding diaryl/α,β-unsaturated/α-hetero) is 1. The number of aromatic nitrogens is 4. The Balaban J connectivity index is 0.969. The van der Waals surface area contributed by atoms with Crippen LogP contribution in [0.3, 0.4) is 0 Å². The number of unbranched alkanes of at least 4 members (excludes halogenated alkanes) is 15. The van der Waals surface area contributed by atoms with Crippen LogP contribution in [-0.2, 0) is 65.0 Å². The smallest absolute Gasteiger partial charge is 0.390 e. The molecule has 11 atom stereocenters. The number of rotatable bonds is 41. The van der Waals surface area contributed by atoms with Gasteiger partial charge < -0.3 is 70.6 Å². The molecule has 4 heterocycles. The van der Waals surface area contributed by atoms with Gasteiger partial charge in [0.15, 0.2) is 29.1 Å². The summed E-state index contributed by atoms with van der Waals surface area (Å²) in [4.78, 5) is 101. The topological polar surface area (TPSA) is 440 Å². The Morgan fingerprint density at radius 2 is 1.40 bits per heavy atom. The first-order chi connectivity index (χ1) is 38.2. The van der Waals surface area contributed by atoms with Gasteiger partial charge in [-0.3, -0.25) is 37.3 Å². The highest BCUT2D eigenvalue weighted by atomic mass is 32.2. The number of carbonyl (C=O) groups is 4. The summed E-state index contributed by atoms with van der Waals surface area (Å²) in [6, 6.07) is 0. The number of fused-ring (bicyclic) bond motifs is 1. The van der Waals surface area contributed by atoms with Crippen molar-refractivity contribution in [1.82, 2.24) is 30.2 Å². The monoisotopic (exact) mass is 1240 g/mol. The average Bonchev–Trinajstić information content (AvgIpc) is 3.96. The number of anilines is 1. The number of carbonyl (C=O) groups excluding carboxylic acids is 4. The van der Waals surface area contributed by atoms with Crippen LogP contribution in [0.15, 0.2) is 12.7 Å². The van der Waals surface area contributed by atoms with Crippen LogP contribution in [0.2, 0.25) is 0 Å². The van der Waals surface area contributed by atoms with Gasteiger partial charge in [-0.2, -0.15) is 4.31 Å². The molecule has 464 valence electrons. The summed E-state index contributed by atoms with van der Waals surface area (Å²) < 4.78 is 73.7. The average molecular weight is 1240 g/mol. The molecule has 0 radical (unpaired) electrons. The molecule has 29 nitrogen and oxygen atoms in total.